The Labute approximate surface area is 117 Å². The Kier molecular flexibility index (Phi) is 6.09. The van der Waals surface area contributed by atoms with Crippen LogP contribution in [-0.4, -0.2) is 28.5 Å². The molecule has 0 saturated carbocycles. The molecule has 20 heavy (non-hydrogen) atoms. The summed E-state index contributed by atoms with van der Waals surface area (Å²) in [5, 5.41) is 11.4. The number of nitrogens with zero attached hydrogens (tertiary/aromatic N) is 1. The second-order valence-corrected chi connectivity index (χ2v) is 5.15. The molecule has 0 saturated heterocycles. The number of rotatable bonds is 7. The second kappa shape index (κ2) is 7.57. The number of amides is 1. The summed E-state index contributed by atoms with van der Waals surface area (Å²) in [6.45, 7) is 4.17. The lowest BCUT2D eigenvalue weighted by Crippen LogP contribution is -2.31. The van der Waals surface area contributed by atoms with Gasteiger partial charge in [0.25, 0.3) is 5.91 Å². The molecule has 0 aliphatic heterocycles. The van der Waals surface area contributed by atoms with Crippen LogP contribution in [0.5, 0.6) is 0 Å². The standard InChI is InChI=1S/C14H19FN2O3/c1-9(2)6-10(7-12(18)19)8-17-14(20)11-4-3-5-16-13(11)15/h3-5,9-10H,6-8H2,1-2H3,(H,17,20)(H,18,19)/t10-/m0/s1. The van der Waals surface area contributed by atoms with Crippen LogP contribution in [0.3, 0.4) is 0 Å². The zero-order chi connectivity index (χ0) is 15.1. The number of pyridine rings is 1. The molecule has 0 spiro atoms. The second-order valence-electron chi connectivity index (χ2n) is 5.15. The van der Waals surface area contributed by atoms with E-state index in [0.29, 0.717) is 12.3 Å². The van der Waals surface area contributed by atoms with Crippen molar-refractivity contribution in [3.05, 3.63) is 29.8 Å². The maximum atomic E-state index is 13.3. The molecule has 1 atom stereocenters. The summed E-state index contributed by atoms with van der Waals surface area (Å²) < 4.78 is 13.3. The first-order chi connectivity index (χ1) is 9.40. The third-order valence-corrected chi connectivity index (χ3v) is 2.82. The quantitative estimate of drug-likeness (QED) is 0.750. The molecule has 1 aromatic rings. The van der Waals surface area contributed by atoms with Crippen molar-refractivity contribution in [2.75, 3.05) is 6.54 Å². The van der Waals surface area contributed by atoms with Gasteiger partial charge in [0.1, 0.15) is 0 Å². The van der Waals surface area contributed by atoms with Crippen LogP contribution < -0.4 is 5.32 Å². The van der Waals surface area contributed by atoms with Crippen LogP contribution in [0.2, 0.25) is 0 Å². The van der Waals surface area contributed by atoms with E-state index in [-0.39, 0.29) is 24.4 Å². The molecule has 0 unspecified atom stereocenters. The monoisotopic (exact) mass is 282 g/mol. The molecule has 0 aromatic carbocycles. The molecule has 1 heterocycles. The molecule has 110 valence electrons. The highest BCUT2D eigenvalue weighted by Gasteiger charge is 2.18. The van der Waals surface area contributed by atoms with Crippen molar-refractivity contribution in [2.45, 2.75) is 26.7 Å². The molecule has 0 bridgehead atoms. The van der Waals surface area contributed by atoms with Crippen LogP contribution in [0, 0.1) is 17.8 Å². The normalized spacial score (nSPS) is 12.2. The summed E-state index contributed by atoms with van der Waals surface area (Å²) in [6.07, 6.45) is 1.92. The van der Waals surface area contributed by atoms with Crippen molar-refractivity contribution in [3.63, 3.8) is 0 Å². The van der Waals surface area contributed by atoms with Gasteiger partial charge < -0.3 is 10.4 Å². The van der Waals surface area contributed by atoms with Gasteiger partial charge in [0.15, 0.2) is 0 Å². The first-order valence-corrected chi connectivity index (χ1v) is 6.50. The Balaban J connectivity index is 2.60. The third kappa shape index (κ3) is 5.34. The average molecular weight is 282 g/mol. The molecule has 0 aliphatic carbocycles. The maximum absolute atomic E-state index is 13.3. The highest BCUT2D eigenvalue weighted by atomic mass is 19.1. The van der Waals surface area contributed by atoms with Gasteiger partial charge in [-0.05, 0) is 30.4 Å². The van der Waals surface area contributed by atoms with Gasteiger partial charge in [-0.2, -0.15) is 4.39 Å². The predicted molar refractivity (Wildman–Crippen MR) is 71.7 cm³/mol. The molecule has 0 fully saturated rings. The Morgan fingerprint density at radius 1 is 1.45 bits per heavy atom. The highest BCUT2D eigenvalue weighted by molar-refractivity contribution is 5.94. The van der Waals surface area contributed by atoms with Gasteiger partial charge in [-0.1, -0.05) is 13.8 Å². The number of nitrogens with one attached hydrogen (secondary N) is 1. The number of carbonyl (C=O) groups excluding carboxylic acids is 1. The highest BCUT2D eigenvalue weighted by Crippen LogP contribution is 2.15. The fraction of sp³-hybridized carbons (Fsp3) is 0.500. The molecule has 6 heteroatoms. The average Bonchev–Trinajstić information content (AvgIpc) is 2.34. The first-order valence-electron chi connectivity index (χ1n) is 6.50. The molecular weight excluding hydrogens is 263 g/mol. The Morgan fingerprint density at radius 3 is 2.70 bits per heavy atom. The number of hydrogen-bond acceptors (Lipinski definition) is 3. The number of carbonyl (C=O) groups is 2. The van der Waals surface area contributed by atoms with E-state index >= 15 is 0 Å². The van der Waals surface area contributed by atoms with E-state index in [0.717, 1.165) is 0 Å². The summed E-state index contributed by atoms with van der Waals surface area (Å²) in [7, 11) is 0. The van der Waals surface area contributed by atoms with Crippen molar-refractivity contribution in [1.82, 2.24) is 10.3 Å². The third-order valence-electron chi connectivity index (χ3n) is 2.82. The number of aliphatic carboxylic acids is 1. The van der Waals surface area contributed by atoms with Crippen molar-refractivity contribution >= 4 is 11.9 Å². The Bertz CT molecular complexity index is 477. The number of aromatic nitrogens is 1. The minimum atomic E-state index is -0.905. The minimum absolute atomic E-state index is 0.0199. The van der Waals surface area contributed by atoms with Gasteiger partial charge >= 0.3 is 5.97 Å². The summed E-state index contributed by atoms with van der Waals surface area (Å²) in [4.78, 5) is 26.0. The van der Waals surface area contributed by atoms with Crippen LogP contribution in [0.25, 0.3) is 0 Å². The SMILES string of the molecule is CC(C)C[C@H](CNC(=O)c1cccnc1F)CC(=O)O. The number of hydrogen-bond donors (Lipinski definition) is 2. The number of carboxylic acid groups (broad SMARTS) is 1. The van der Waals surface area contributed by atoms with Crippen molar-refractivity contribution in [2.24, 2.45) is 11.8 Å². The fourth-order valence-corrected chi connectivity index (χ4v) is 2.04. The van der Waals surface area contributed by atoms with E-state index in [1.54, 1.807) is 0 Å². The molecule has 1 rings (SSSR count). The minimum Gasteiger partial charge on any atom is -0.481 e. The molecular formula is C14H19FN2O3. The van der Waals surface area contributed by atoms with E-state index in [4.69, 9.17) is 5.11 Å². The van der Waals surface area contributed by atoms with Crippen LogP contribution in [0.15, 0.2) is 18.3 Å². The molecule has 1 amide bonds. The van der Waals surface area contributed by atoms with Gasteiger partial charge in [-0.15, -0.1) is 0 Å². The van der Waals surface area contributed by atoms with Crippen molar-refractivity contribution in [3.8, 4) is 0 Å². The molecule has 1 aromatic heterocycles. The lowest BCUT2D eigenvalue weighted by molar-refractivity contribution is -0.138. The van der Waals surface area contributed by atoms with Crippen molar-refractivity contribution < 1.29 is 19.1 Å². The largest absolute Gasteiger partial charge is 0.481 e. The smallest absolute Gasteiger partial charge is 0.303 e. The van der Waals surface area contributed by atoms with E-state index in [9.17, 15) is 14.0 Å². The van der Waals surface area contributed by atoms with E-state index in [2.05, 4.69) is 10.3 Å². The zero-order valence-corrected chi connectivity index (χ0v) is 11.6. The lowest BCUT2D eigenvalue weighted by atomic mass is 9.94. The van der Waals surface area contributed by atoms with Gasteiger partial charge in [-0.3, -0.25) is 9.59 Å². The summed E-state index contributed by atoms with van der Waals surface area (Å²) in [5.41, 5.74) is -0.133. The van der Waals surface area contributed by atoms with E-state index in [1.807, 2.05) is 13.8 Å². The van der Waals surface area contributed by atoms with E-state index < -0.39 is 17.8 Å². The van der Waals surface area contributed by atoms with Crippen molar-refractivity contribution in [1.29, 1.82) is 0 Å². The molecule has 0 radical (unpaired) electrons. The summed E-state index contributed by atoms with van der Waals surface area (Å²) in [6, 6.07) is 2.81. The molecule has 2 N–H and O–H groups in total. The molecule has 5 nitrogen and oxygen atoms in total. The van der Waals surface area contributed by atoms with Crippen LogP contribution >= 0.6 is 0 Å². The number of carboxylic acids is 1. The van der Waals surface area contributed by atoms with Gasteiger partial charge in [0.2, 0.25) is 5.95 Å². The van der Waals surface area contributed by atoms with Crippen LogP contribution in [-0.2, 0) is 4.79 Å². The van der Waals surface area contributed by atoms with Crippen LogP contribution in [0.4, 0.5) is 4.39 Å². The molecule has 0 aliphatic rings. The maximum Gasteiger partial charge on any atom is 0.303 e. The Hall–Kier alpha value is -1.98. The Morgan fingerprint density at radius 2 is 2.15 bits per heavy atom. The first kappa shape index (κ1) is 16.1. The number of halogens is 1. The summed E-state index contributed by atoms with van der Waals surface area (Å²) >= 11 is 0. The van der Waals surface area contributed by atoms with Gasteiger partial charge in [0.05, 0.1) is 5.56 Å². The van der Waals surface area contributed by atoms with Gasteiger partial charge in [-0.25, -0.2) is 4.98 Å². The lowest BCUT2D eigenvalue weighted by Gasteiger charge is -2.17. The van der Waals surface area contributed by atoms with E-state index in [1.165, 1.54) is 18.3 Å². The topological polar surface area (TPSA) is 79.3 Å². The predicted octanol–water partition coefficient (Wildman–Crippen LogP) is 2.09. The van der Waals surface area contributed by atoms with Crippen LogP contribution in [0.1, 0.15) is 37.0 Å². The summed E-state index contributed by atoms with van der Waals surface area (Å²) in [5.74, 6) is -2.15. The van der Waals surface area contributed by atoms with Gasteiger partial charge in [0, 0.05) is 19.2 Å². The fourth-order valence-electron chi connectivity index (χ4n) is 2.04. The zero-order valence-electron chi connectivity index (χ0n) is 11.6.